The first-order valence-corrected chi connectivity index (χ1v) is 9.61. The van der Waals surface area contributed by atoms with Gasteiger partial charge in [0.2, 0.25) is 5.95 Å². The first-order chi connectivity index (χ1) is 13.8. The molecule has 1 aliphatic heterocycles. The Labute approximate surface area is 165 Å². The van der Waals surface area contributed by atoms with E-state index in [0.29, 0.717) is 24.6 Å². The molecular weight excluding hydrogens is 385 g/mol. The number of hydrogen-bond acceptors (Lipinski definition) is 4. The van der Waals surface area contributed by atoms with Crippen LogP contribution in [0.4, 0.5) is 19.1 Å². The molecule has 2 heterocycles. The van der Waals surface area contributed by atoms with Crippen LogP contribution in [0.2, 0.25) is 0 Å². The Morgan fingerprint density at radius 1 is 1.14 bits per heavy atom. The molecule has 2 N–H and O–H groups in total. The SMILES string of the molecule is NC(=O)c1cc(=O)n([C@@H](c2ccc(C(F)(F)F)cc2)C2CC2)c(N2CCCC2)n1. The smallest absolute Gasteiger partial charge is 0.364 e. The standard InChI is InChI=1S/C20H21F3N4O2/c21-20(22,23)14-7-5-13(6-8-14)17(12-3-4-12)27-16(28)11-15(18(24)29)25-19(27)26-9-1-2-10-26/h5-8,11-12,17H,1-4,9-10H2,(H2,24,29)/t17-/m1/s1. The van der Waals surface area contributed by atoms with Gasteiger partial charge in [-0.15, -0.1) is 0 Å². The largest absolute Gasteiger partial charge is 0.416 e. The molecule has 2 fully saturated rings. The average molecular weight is 406 g/mol. The van der Waals surface area contributed by atoms with E-state index in [-0.39, 0.29) is 11.6 Å². The topological polar surface area (TPSA) is 81.2 Å². The van der Waals surface area contributed by atoms with Crippen molar-refractivity contribution < 1.29 is 18.0 Å². The van der Waals surface area contributed by atoms with Crippen LogP contribution < -0.4 is 16.2 Å². The van der Waals surface area contributed by atoms with E-state index < -0.39 is 29.2 Å². The van der Waals surface area contributed by atoms with Crippen molar-refractivity contribution in [3.05, 3.63) is 57.5 Å². The number of alkyl halides is 3. The summed E-state index contributed by atoms with van der Waals surface area (Å²) in [6.45, 7) is 1.39. The molecule has 1 aromatic heterocycles. The van der Waals surface area contributed by atoms with Crippen LogP contribution in [0.1, 0.15) is 53.3 Å². The molecule has 1 aliphatic carbocycles. The van der Waals surface area contributed by atoms with Crippen molar-refractivity contribution in [2.45, 2.75) is 37.9 Å². The molecule has 2 aromatic rings. The van der Waals surface area contributed by atoms with Crippen molar-refractivity contribution in [3.63, 3.8) is 0 Å². The number of benzene rings is 1. The zero-order valence-corrected chi connectivity index (χ0v) is 15.7. The lowest BCUT2D eigenvalue weighted by molar-refractivity contribution is -0.137. The molecule has 0 bridgehead atoms. The third-order valence-corrected chi connectivity index (χ3v) is 5.50. The number of aromatic nitrogens is 2. The lowest BCUT2D eigenvalue weighted by Gasteiger charge is -2.28. The maximum absolute atomic E-state index is 13.0. The summed E-state index contributed by atoms with van der Waals surface area (Å²) in [5.41, 5.74) is 4.71. The summed E-state index contributed by atoms with van der Waals surface area (Å²) in [7, 11) is 0. The minimum Gasteiger partial charge on any atom is -0.364 e. The second-order valence-electron chi connectivity index (χ2n) is 7.61. The van der Waals surface area contributed by atoms with Crippen LogP contribution in [0.3, 0.4) is 0 Å². The van der Waals surface area contributed by atoms with E-state index >= 15 is 0 Å². The number of carbonyl (C=O) groups is 1. The van der Waals surface area contributed by atoms with Crippen molar-refractivity contribution in [3.8, 4) is 0 Å². The van der Waals surface area contributed by atoms with Gasteiger partial charge in [0.25, 0.3) is 11.5 Å². The Bertz CT molecular complexity index is 975. The summed E-state index contributed by atoms with van der Waals surface area (Å²) >= 11 is 0. The van der Waals surface area contributed by atoms with Crippen LogP contribution in [-0.4, -0.2) is 28.5 Å². The molecule has 0 unspecified atom stereocenters. The lowest BCUT2D eigenvalue weighted by atomic mass is 10.00. The zero-order valence-electron chi connectivity index (χ0n) is 15.7. The van der Waals surface area contributed by atoms with Crippen LogP contribution in [0.5, 0.6) is 0 Å². The molecule has 154 valence electrons. The van der Waals surface area contributed by atoms with Gasteiger partial charge in [-0.3, -0.25) is 14.2 Å². The molecule has 9 heteroatoms. The number of halogens is 3. The van der Waals surface area contributed by atoms with Crippen LogP contribution in [-0.2, 0) is 6.18 Å². The highest BCUT2D eigenvalue weighted by Crippen LogP contribution is 2.44. The Kier molecular flexibility index (Phi) is 4.84. The summed E-state index contributed by atoms with van der Waals surface area (Å²) in [6.07, 6.45) is -0.809. The number of hydrogen-bond donors (Lipinski definition) is 1. The number of nitrogens with two attached hydrogens (primary N) is 1. The Morgan fingerprint density at radius 2 is 1.76 bits per heavy atom. The van der Waals surface area contributed by atoms with E-state index in [0.717, 1.165) is 43.9 Å². The highest BCUT2D eigenvalue weighted by Gasteiger charge is 2.38. The molecule has 0 radical (unpaired) electrons. The predicted octanol–water partition coefficient (Wildman–Crippen LogP) is 2.96. The zero-order chi connectivity index (χ0) is 20.8. The first kappa shape index (κ1) is 19.5. The van der Waals surface area contributed by atoms with Gasteiger partial charge < -0.3 is 10.6 Å². The van der Waals surface area contributed by atoms with Crippen LogP contribution in [0, 0.1) is 5.92 Å². The summed E-state index contributed by atoms with van der Waals surface area (Å²) < 4.78 is 40.4. The van der Waals surface area contributed by atoms with E-state index in [2.05, 4.69) is 4.98 Å². The fourth-order valence-corrected chi connectivity index (χ4v) is 3.92. The monoisotopic (exact) mass is 406 g/mol. The van der Waals surface area contributed by atoms with E-state index in [1.165, 1.54) is 16.7 Å². The molecule has 1 aromatic carbocycles. The summed E-state index contributed by atoms with van der Waals surface area (Å²) in [5, 5.41) is 0. The van der Waals surface area contributed by atoms with E-state index in [9.17, 15) is 22.8 Å². The number of primary amides is 1. The van der Waals surface area contributed by atoms with Crippen molar-refractivity contribution in [1.29, 1.82) is 0 Å². The van der Waals surface area contributed by atoms with Crippen LogP contribution >= 0.6 is 0 Å². The van der Waals surface area contributed by atoms with Gasteiger partial charge in [-0.1, -0.05) is 12.1 Å². The van der Waals surface area contributed by atoms with Gasteiger partial charge in [0.15, 0.2) is 0 Å². The second kappa shape index (κ2) is 7.20. The van der Waals surface area contributed by atoms with E-state index in [4.69, 9.17) is 5.73 Å². The van der Waals surface area contributed by atoms with Gasteiger partial charge >= 0.3 is 6.18 Å². The van der Waals surface area contributed by atoms with Gasteiger partial charge in [-0.25, -0.2) is 4.98 Å². The molecular formula is C20H21F3N4O2. The number of rotatable bonds is 5. The molecule has 6 nitrogen and oxygen atoms in total. The Morgan fingerprint density at radius 3 is 2.28 bits per heavy atom. The predicted molar refractivity (Wildman–Crippen MR) is 101 cm³/mol. The van der Waals surface area contributed by atoms with Crippen molar-refractivity contribution in [1.82, 2.24) is 9.55 Å². The van der Waals surface area contributed by atoms with Gasteiger partial charge in [-0.2, -0.15) is 13.2 Å². The summed E-state index contributed by atoms with van der Waals surface area (Å²) in [5.74, 6) is -0.292. The van der Waals surface area contributed by atoms with Crippen LogP contribution in [0.25, 0.3) is 0 Å². The Balaban J connectivity index is 1.83. The molecule has 1 saturated carbocycles. The average Bonchev–Trinajstić information content (AvgIpc) is 3.35. The maximum Gasteiger partial charge on any atom is 0.416 e. The maximum atomic E-state index is 13.0. The minimum atomic E-state index is -4.42. The van der Waals surface area contributed by atoms with Crippen molar-refractivity contribution in [2.24, 2.45) is 11.7 Å². The lowest BCUT2D eigenvalue weighted by Crippen LogP contribution is -2.36. The number of carbonyl (C=O) groups excluding carboxylic acids is 1. The van der Waals surface area contributed by atoms with Crippen molar-refractivity contribution in [2.75, 3.05) is 18.0 Å². The van der Waals surface area contributed by atoms with E-state index in [1.54, 1.807) is 0 Å². The third-order valence-electron chi connectivity index (χ3n) is 5.50. The van der Waals surface area contributed by atoms with Gasteiger partial charge in [-0.05, 0) is 49.3 Å². The molecule has 4 rings (SSSR count). The van der Waals surface area contributed by atoms with Crippen molar-refractivity contribution >= 4 is 11.9 Å². The normalized spacial score (nSPS) is 18.1. The van der Waals surface area contributed by atoms with Gasteiger partial charge in [0.05, 0.1) is 11.6 Å². The molecule has 2 aliphatic rings. The minimum absolute atomic E-state index is 0.102. The van der Waals surface area contributed by atoms with E-state index in [1.807, 2.05) is 4.90 Å². The fourth-order valence-electron chi connectivity index (χ4n) is 3.92. The van der Waals surface area contributed by atoms with Crippen LogP contribution in [0.15, 0.2) is 35.1 Å². The number of anilines is 1. The second-order valence-corrected chi connectivity index (χ2v) is 7.61. The van der Waals surface area contributed by atoms with Gasteiger partial charge in [0, 0.05) is 19.2 Å². The highest BCUT2D eigenvalue weighted by molar-refractivity contribution is 5.90. The summed E-state index contributed by atoms with van der Waals surface area (Å²) in [4.78, 5) is 30.9. The third kappa shape index (κ3) is 3.86. The summed E-state index contributed by atoms with van der Waals surface area (Å²) in [6, 6.07) is 5.60. The molecule has 1 saturated heterocycles. The molecule has 1 atom stereocenters. The molecule has 0 spiro atoms. The van der Waals surface area contributed by atoms with Gasteiger partial charge in [0.1, 0.15) is 5.69 Å². The molecule has 1 amide bonds. The highest BCUT2D eigenvalue weighted by atomic mass is 19.4. The molecule has 29 heavy (non-hydrogen) atoms. The first-order valence-electron chi connectivity index (χ1n) is 9.61. The number of nitrogens with zero attached hydrogens (tertiary/aromatic N) is 3. The number of amides is 1. The fraction of sp³-hybridized carbons (Fsp3) is 0.450. The Hall–Kier alpha value is -2.84. The quantitative estimate of drug-likeness (QED) is 0.828.